The van der Waals surface area contributed by atoms with Gasteiger partial charge in [-0.2, -0.15) is 5.26 Å². The SMILES string of the molecule is N#Cc1cccc(Sc2nc(C3CC3)n(-c3ccccc3)n2)n1. The highest BCUT2D eigenvalue weighted by Gasteiger charge is 2.30. The summed E-state index contributed by atoms with van der Waals surface area (Å²) in [6.07, 6.45) is 2.33. The number of benzene rings is 1. The molecule has 1 aliphatic carbocycles. The lowest BCUT2D eigenvalue weighted by Gasteiger charge is -2.03. The molecule has 5 nitrogen and oxygen atoms in total. The van der Waals surface area contributed by atoms with Crippen molar-refractivity contribution in [2.24, 2.45) is 0 Å². The molecule has 0 aliphatic heterocycles. The van der Waals surface area contributed by atoms with Gasteiger partial charge in [0, 0.05) is 5.92 Å². The molecular formula is C17H13N5S. The highest BCUT2D eigenvalue weighted by Crippen LogP contribution is 2.40. The van der Waals surface area contributed by atoms with Crippen LogP contribution in [0.25, 0.3) is 5.69 Å². The number of hydrogen-bond donors (Lipinski definition) is 0. The quantitative estimate of drug-likeness (QED) is 0.735. The van der Waals surface area contributed by atoms with Crippen molar-refractivity contribution < 1.29 is 0 Å². The summed E-state index contributed by atoms with van der Waals surface area (Å²) in [7, 11) is 0. The van der Waals surface area contributed by atoms with Crippen molar-refractivity contribution in [3.63, 3.8) is 0 Å². The van der Waals surface area contributed by atoms with Crippen LogP contribution < -0.4 is 0 Å². The summed E-state index contributed by atoms with van der Waals surface area (Å²) in [5, 5.41) is 15.0. The van der Waals surface area contributed by atoms with E-state index in [1.165, 1.54) is 11.8 Å². The molecule has 2 aromatic heterocycles. The van der Waals surface area contributed by atoms with Gasteiger partial charge in [-0.3, -0.25) is 0 Å². The van der Waals surface area contributed by atoms with Crippen molar-refractivity contribution in [2.75, 3.05) is 0 Å². The molecule has 3 aromatic rings. The topological polar surface area (TPSA) is 67.4 Å². The lowest BCUT2D eigenvalue weighted by molar-refractivity contribution is 0.782. The van der Waals surface area contributed by atoms with E-state index in [4.69, 9.17) is 10.2 Å². The van der Waals surface area contributed by atoms with Gasteiger partial charge in [0.1, 0.15) is 22.6 Å². The molecule has 1 aromatic carbocycles. The Morgan fingerprint density at radius 3 is 2.61 bits per heavy atom. The number of nitriles is 1. The molecule has 0 bridgehead atoms. The molecule has 0 N–H and O–H groups in total. The Bertz CT molecular complexity index is 877. The summed E-state index contributed by atoms with van der Waals surface area (Å²) >= 11 is 1.39. The van der Waals surface area contributed by atoms with Crippen molar-refractivity contribution in [3.05, 3.63) is 60.0 Å². The van der Waals surface area contributed by atoms with Crippen molar-refractivity contribution in [2.45, 2.75) is 28.9 Å². The summed E-state index contributed by atoms with van der Waals surface area (Å²) in [6.45, 7) is 0. The van der Waals surface area contributed by atoms with Crippen LogP contribution in [0, 0.1) is 11.3 Å². The van der Waals surface area contributed by atoms with Crippen LogP contribution in [0.15, 0.2) is 58.7 Å². The van der Waals surface area contributed by atoms with Crippen molar-refractivity contribution in [1.29, 1.82) is 5.26 Å². The Morgan fingerprint density at radius 1 is 1.04 bits per heavy atom. The van der Waals surface area contributed by atoms with E-state index in [9.17, 15) is 0 Å². The Hall–Kier alpha value is -2.65. The lowest BCUT2D eigenvalue weighted by atomic mass is 10.3. The Morgan fingerprint density at radius 2 is 1.87 bits per heavy atom. The fourth-order valence-corrected chi connectivity index (χ4v) is 3.08. The maximum absolute atomic E-state index is 8.95. The molecule has 1 aliphatic rings. The second-order valence-electron chi connectivity index (χ2n) is 5.35. The van der Waals surface area contributed by atoms with E-state index in [1.807, 2.05) is 47.1 Å². The third kappa shape index (κ3) is 2.96. The van der Waals surface area contributed by atoms with E-state index in [-0.39, 0.29) is 0 Å². The van der Waals surface area contributed by atoms with Gasteiger partial charge < -0.3 is 0 Å². The van der Waals surface area contributed by atoms with Gasteiger partial charge in [0.25, 0.3) is 0 Å². The minimum absolute atomic E-state index is 0.403. The largest absolute Gasteiger partial charge is 0.230 e. The predicted molar refractivity (Wildman–Crippen MR) is 86.4 cm³/mol. The number of aromatic nitrogens is 4. The highest BCUT2D eigenvalue weighted by molar-refractivity contribution is 7.99. The molecule has 0 spiro atoms. The van der Waals surface area contributed by atoms with Crippen LogP contribution in [-0.2, 0) is 0 Å². The molecule has 4 rings (SSSR count). The van der Waals surface area contributed by atoms with Gasteiger partial charge >= 0.3 is 0 Å². The normalized spacial score (nSPS) is 13.7. The van der Waals surface area contributed by atoms with E-state index >= 15 is 0 Å². The average Bonchev–Trinajstić information content (AvgIpc) is 3.37. The van der Waals surface area contributed by atoms with Crippen molar-refractivity contribution >= 4 is 11.8 Å². The van der Waals surface area contributed by atoms with E-state index in [0.717, 1.165) is 29.4 Å². The molecule has 0 radical (unpaired) electrons. The Labute approximate surface area is 138 Å². The van der Waals surface area contributed by atoms with Gasteiger partial charge in [-0.1, -0.05) is 24.3 Å². The molecular weight excluding hydrogens is 306 g/mol. The van der Waals surface area contributed by atoms with E-state index in [2.05, 4.69) is 16.2 Å². The summed E-state index contributed by atoms with van der Waals surface area (Å²) in [5.74, 6) is 1.51. The molecule has 0 saturated heterocycles. The number of rotatable bonds is 4. The van der Waals surface area contributed by atoms with Crippen LogP contribution in [0.3, 0.4) is 0 Å². The molecule has 0 unspecified atom stereocenters. The lowest BCUT2D eigenvalue weighted by Crippen LogP contribution is -2.01. The van der Waals surface area contributed by atoms with Crippen molar-refractivity contribution in [1.82, 2.24) is 19.7 Å². The van der Waals surface area contributed by atoms with E-state index in [1.54, 1.807) is 6.07 Å². The van der Waals surface area contributed by atoms with Gasteiger partial charge in [-0.25, -0.2) is 14.6 Å². The summed E-state index contributed by atoms with van der Waals surface area (Å²) in [5.41, 5.74) is 1.42. The van der Waals surface area contributed by atoms with E-state index < -0.39 is 0 Å². The van der Waals surface area contributed by atoms with Crippen LogP contribution >= 0.6 is 11.8 Å². The van der Waals surface area contributed by atoms with Gasteiger partial charge in [0.2, 0.25) is 5.16 Å². The van der Waals surface area contributed by atoms with Gasteiger partial charge in [0.05, 0.1) is 5.69 Å². The highest BCUT2D eigenvalue weighted by atomic mass is 32.2. The summed E-state index contributed by atoms with van der Waals surface area (Å²) < 4.78 is 1.92. The maximum atomic E-state index is 8.95. The first-order valence-corrected chi connectivity index (χ1v) is 8.22. The summed E-state index contributed by atoms with van der Waals surface area (Å²) in [6, 6.07) is 17.5. The predicted octanol–water partition coefficient (Wildman–Crippen LogP) is 3.56. The number of hydrogen-bond acceptors (Lipinski definition) is 5. The molecule has 112 valence electrons. The summed E-state index contributed by atoms with van der Waals surface area (Å²) in [4.78, 5) is 8.96. The van der Waals surface area contributed by atoms with Crippen LogP contribution in [0.1, 0.15) is 30.3 Å². The Kier molecular flexibility index (Phi) is 3.56. The third-order valence-electron chi connectivity index (χ3n) is 3.59. The fraction of sp³-hybridized carbons (Fsp3) is 0.176. The van der Waals surface area contributed by atoms with Crippen LogP contribution in [0.4, 0.5) is 0 Å². The van der Waals surface area contributed by atoms with Crippen LogP contribution in [-0.4, -0.2) is 19.7 Å². The minimum atomic E-state index is 0.403. The second-order valence-corrected chi connectivity index (χ2v) is 6.34. The van der Waals surface area contributed by atoms with Gasteiger partial charge in [-0.05, 0) is 48.9 Å². The average molecular weight is 319 g/mol. The first-order valence-electron chi connectivity index (χ1n) is 7.41. The molecule has 0 amide bonds. The Balaban J connectivity index is 1.69. The van der Waals surface area contributed by atoms with Crippen molar-refractivity contribution in [3.8, 4) is 11.8 Å². The van der Waals surface area contributed by atoms with Gasteiger partial charge in [-0.15, -0.1) is 5.10 Å². The van der Waals surface area contributed by atoms with Crippen LogP contribution in [0.2, 0.25) is 0 Å². The van der Waals surface area contributed by atoms with E-state index in [0.29, 0.717) is 16.8 Å². The maximum Gasteiger partial charge on any atom is 0.215 e. The number of pyridine rings is 1. The fourth-order valence-electron chi connectivity index (χ4n) is 2.34. The molecule has 2 heterocycles. The monoisotopic (exact) mass is 319 g/mol. The second kappa shape index (κ2) is 5.86. The number of nitrogens with zero attached hydrogens (tertiary/aromatic N) is 5. The zero-order valence-electron chi connectivity index (χ0n) is 12.3. The third-order valence-corrected chi connectivity index (χ3v) is 4.38. The molecule has 23 heavy (non-hydrogen) atoms. The minimum Gasteiger partial charge on any atom is -0.230 e. The molecule has 6 heteroatoms. The zero-order chi connectivity index (χ0) is 15.6. The first kappa shape index (κ1) is 14.0. The van der Waals surface area contributed by atoms with Crippen LogP contribution in [0.5, 0.6) is 0 Å². The standard InChI is InChI=1S/C17H13N5S/c18-11-13-5-4-8-15(19-13)23-17-20-16(12-9-10-12)22(21-17)14-6-2-1-3-7-14/h1-8,12H,9-10H2. The smallest absolute Gasteiger partial charge is 0.215 e. The zero-order valence-corrected chi connectivity index (χ0v) is 13.1. The number of para-hydroxylation sites is 1. The first-order chi connectivity index (χ1) is 11.3. The molecule has 1 saturated carbocycles. The molecule has 1 fully saturated rings. The van der Waals surface area contributed by atoms with Gasteiger partial charge in [0.15, 0.2) is 0 Å². The molecule has 0 atom stereocenters.